The molecule has 1 aliphatic heterocycles. The van der Waals surface area contributed by atoms with Crippen molar-refractivity contribution in [2.24, 2.45) is 5.73 Å². The second kappa shape index (κ2) is 5.24. The molecule has 2 rings (SSSR count). The molecule has 102 valence electrons. The van der Waals surface area contributed by atoms with Crippen molar-refractivity contribution >= 4 is 11.9 Å². The minimum absolute atomic E-state index is 0.0681. The molecule has 0 aromatic heterocycles. The number of carboxylic acid groups (broad SMARTS) is 1. The Bertz CT molecular complexity index is 339. The van der Waals surface area contributed by atoms with E-state index in [-0.39, 0.29) is 18.9 Å². The van der Waals surface area contributed by atoms with E-state index in [0.29, 0.717) is 13.2 Å². The van der Waals surface area contributed by atoms with Crippen molar-refractivity contribution in [3.05, 3.63) is 0 Å². The lowest BCUT2D eigenvalue weighted by atomic mass is 9.93. The lowest BCUT2D eigenvalue weighted by molar-refractivity contribution is -0.158. The van der Waals surface area contributed by atoms with Crippen LogP contribution in [0.3, 0.4) is 0 Å². The van der Waals surface area contributed by atoms with Crippen LogP contribution in [-0.2, 0) is 14.3 Å². The standard InChI is InChI=1S/C12H20N2O4/c13-12(3-1-2-4-12)7-10(15)14-5-6-18-8-9(14)11(16)17/h9H,1-8,13H2,(H,16,17). The van der Waals surface area contributed by atoms with Gasteiger partial charge >= 0.3 is 5.97 Å². The summed E-state index contributed by atoms with van der Waals surface area (Å²) in [6.45, 7) is 0.803. The fourth-order valence-electron chi connectivity index (χ4n) is 2.77. The van der Waals surface area contributed by atoms with Gasteiger partial charge in [0.05, 0.1) is 13.2 Å². The minimum Gasteiger partial charge on any atom is -0.480 e. The van der Waals surface area contributed by atoms with Gasteiger partial charge in [-0.2, -0.15) is 0 Å². The van der Waals surface area contributed by atoms with Crippen LogP contribution in [0.4, 0.5) is 0 Å². The Morgan fingerprint density at radius 2 is 2.06 bits per heavy atom. The molecule has 1 amide bonds. The minimum atomic E-state index is -1.01. The van der Waals surface area contributed by atoms with Crippen molar-refractivity contribution in [2.75, 3.05) is 19.8 Å². The van der Waals surface area contributed by atoms with Crippen LogP contribution in [0.1, 0.15) is 32.1 Å². The van der Waals surface area contributed by atoms with Crippen molar-refractivity contribution in [2.45, 2.75) is 43.7 Å². The van der Waals surface area contributed by atoms with Gasteiger partial charge in [0.1, 0.15) is 0 Å². The molecule has 0 aromatic carbocycles. The molecule has 1 heterocycles. The first-order chi connectivity index (χ1) is 8.52. The lowest BCUT2D eigenvalue weighted by Gasteiger charge is -2.35. The molecule has 1 saturated heterocycles. The molecular weight excluding hydrogens is 236 g/mol. The molecule has 6 nitrogen and oxygen atoms in total. The van der Waals surface area contributed by atoms with Gasteiger partial charge in [0, 0.05) is 18.5 Å². The van der Waals surface area contributed by atoms with Crippen LogP contribution in [0.25, 0.3) is 0 Å². The normalized spacial score (nSPS) is 27.2. The van der Waals surface area contributed by atoms with E-state index in [1.165, 1.54) is 4.90 Å². The molecule has 0 aromatic rings. The number of ether oxygens (including phenoxy) is 1. The van der Waals surface area contributed by atoms with Crippen LogP contribution in [0.15, 0.2) is 0 Å². The van der Waals surface area contributed by atoms with E-state index in [2.05, 4.69) is 0 Å². The molecule has 1 unspecified atom stereocenters. The fourth-order valence-corrected chi connectivity index (χ4v) is 2.77. The summed E-state index contributed by atoms with van der Waals surface area (Å²) < 4.78 is 5.11. The Morgan fingerprint density at radius 1 is 1.39 bits per heavy atom. The summed E-state index contributed by atoms with van der Waals surface area (Å²) in [5, 5.41) is 9.08. The number of amides is 1. The number of aliphatic carboxylic acids is 1. The van der Waals surface area contributed by atoms with Crippen molar-refractivity contribution in [3.63, 3.8) is 0 Å². The topological polar surface area (TPSA) is 92.9 Å². The third-order valence-electron chi connectivity index (χ3n) is 3.84. The van der Waals surface area contributed by atoms with Gasteiger partial charge in [-0.25, -0.2) is 4.79 Å². The zero-order chi connectivity index (χ0) is 13.2. The summed E-state index contributed by atoms with van der Waals surface area (Å²) in [7, 11) is 0. The molecule has 2 fully saturated rings. The first kappa shape index (κ1) is 13.3. The number of rotatable bonds is 3. The van der Waals surface area contributed by atoms with Gasteiger partial charge in [0.25, 0.3) is 0 Å². The summed E-state index contributed by atoms with van der Waals surface area (Å²) in [6, 6.07) is -0.865. The third kappa shape index (κ3) is 2.81. The predicted molar refractivity (Wildman–Crippen MR) is 64.0 cm³/mol. The van der Waals surface area contributed by atoms with Crippen LogP contribution in [0.2, 0.25) is 0 Å². The van der Waals surface area contributed by atoms with E-state index in [1.807, 2.05) is 0 Å². The van der Waals surface area contributed by atoms with Gasteiger partial charge in [-0.05, 0) is 12.8 Å². The fraction of sp³-hybridized carbons (Fsp3) is 0.833. The molecule has 1 aliphatic carbocycles. The summed E-state index contributed by atoms with van der Waals surface area (Å²) in [5.41, 5.74) is 5.73. The monoisotopic (exact) mass is 256 g/mol. The first-order valence-corrected chi connectivity index (χ1v) is 6.41. The van der Waals surface area contributed by atoms with Crippen molar-refractivity contribution < 1.29 is 19.4 Å². The number of carboxylic acids is 1. The number of hydrogen-bond donors (Lipinski definition) is 2. The van der Waals surface area contributed by atoms with Gasteiger partial charge in [0.2, 0.25) is 5.91 Å². The molecule has 0 spiro atoms. The van der Waals surface area contributed by atoms with Crippen molar-refractivity contribution in [3.8, 4) is 0 Å². The molecular formula is C12H20N2O4. The number of morpholine rings is 1. The Balaban J connectivity index is 2.00. The summed E-state index contributed by atoms with van der Waals surface area (Å²) in [5.74, 6) is -1.17. The second-order valence-electron chi connectivity index (χ2n) is 5.26. The zero-order valence-corrected chi connectivity index (χ0v) is 10.4. The Kier molecular flexibility index (Phi) is 3.87. The number of hydrogen-bond acceptors (Lipinski definition) is 4. The average Bonchev–Trinajstić information content (AvgIpc) is 2.75. The molecule has 1 atom stereocenters. The third-order valence-corrected chi connectivity index (χ3v) is 3.84. The maximum absolute atomic E-state index is 12.2. The molecule has 3 N–H and O–H groups in total. The highest BCUT2D eigenvalue weighted by Gasteiger charge is 2.38. The van der Waals surface area contributed by atoms with Gasteiger partial charge in [-0.15, -0.1) is 0 Å². The van der Waals surface area contributed by atoms with E-state index < -0.39 is 17.6 Å². The van der Waals surface area contributed by atoms with Crippen LogP contribution >= 0.6 is 0 Å². The smallest absolute Gasteiger partial charge is 0.328 e. The van der Waals surface area contributed by atoms with Gasteiger partial charge in [0.15, 0.2) is 6.04 Å². The maximum atomic E-state index is 12.2. The van der Waals surface area contributed by atoms with Crippen LogP contribution in [0.5, 0.6) is 0 Å². The van der Waals surface area contributed by atoms with Crippen LogP contribution in [-0.4, -0.2) is 53.2 Å². The average molecular weight is 256 g/mol. The quantitative estimate of drug-likeness (QED) is 0.739. The SMILES string of the molecule is NC1(CC(=O)N2CCOCC2C(=O)O)CCCC1. The zero-order valence-electron chi connectivity index (χ0n) is 10.4. The molecule has 1 saturated carbocycles. The van der Waals surface area contributed by atoms with Gasteiger partial charge < -0.3 is 20.5 Å². The molecule has 0 bridgehead atoms. The number of carbonyl (C=O) groups is 2. The summed E-state index contributed by atoms with van der Waals surface area (Å²) in [6.07, 6.45) is 4.04. The summed E-state index contributed by atoms with van der Waals surface area (Å²) >= 11 is 0. The number of nitrogens with two attached hydrogens (primary N) is 1. The Hall–Kier alpha value is -1.14. The van der Waals surface area contributed by atoms with Crippen molar-refractivity contribution in [1.82, 2.24) is 4.90 Å². The number of nitrogens with zero attached hydrogens (tertiary/aromatic N) is 1. The first-order valence-electron chi connectivity index (χ1n) is 6.41. The van der Waals surface area contributed by atoms with Crippen molar-refractivity contribution in [1.29, 1.82) is 0 Å². The summed E-state index contributed by atoms with van der Waals surface area (Å²) in [4.78, 5) is 24.7. The molecule has 18 heavy (non-hydrogen) atoms. The largest absolute Gasteiger partial charge is 0.480 e. The maximum Gasteiger partial charge on any atom is 0.328 e. The number of carbonyl (C=O) groups excluding carboxylic acids is 1. The Morgan fingerprint density at radius 3 is 2.67 bits per heavy atom. The highest BCUT2D eigenvalue weighted by Crippen LogP contribution is 2.31. The lowest BCUT2D eigenvalue weighted by Crippen LogP contribution is -2.54. The molecule has 6 heteroatoms. The molecule has 0 radical (unpaired) electrons. The highest BCUT2D eigenvalue weighted by molar-refractivity contribution is 5.84. The van der Waals surface area contributed by atoms with Gasteiger partial charge in [-0.3, -0.25) is 4.79 Å². The van der Waals surface area contributed by atoms with E-state index in [9.17, 15) is 9.59 Å². The van der Waals surface area contributed by atoms with E-state index in [4.69, 9.17) is 15.6 Å². The van der Waals surface area contributed by atoms with E-state index in [1.54, 1.807) is 0 Å². The predicted octanol–water partition coefficient (Wildman–Crippen LogP) is -0.0400. The van der Waals surface area contributed by atoms with E-state index in [0.717, 1.165) is 25.7 Å². The van der Waals surface area contributed by atoms with Gasteiger partial charge in [-0.1, -0.05) is 12.8 Å². The van der Waals surface area contributed by atoms with E-state index >= 15 is 0 Å². The highest BCUT2D eigenvalue weighted by atomic mass is 16.5. The molecule has 2 aliphatic rings. The second-order valence-corrected chi connectivity index (χ2v) is 5.26. The van der Waals surface area contributed by atoms with Crippen LogP contribution in [0, 0.1) is 0 Å². The Labute approximate surface area is 106 Å². The van der Waals surface area contributed by atoms with Crippen LogP contribution < -0.4 is 5.73 Å².